The molecular weight excluding hydrogens is 322 g/mol. The summed E-state index contributed by atoms with van der Waals surface area (Å²) in [6.45, 7) is 6.09. The molecule has 138 valence electrons. The summed E-state index contributed by atoms with van der Waals surface area (Å²) in [5.74, 6) is 0.614. The fourth-order valence-electron chi connectivity index (χ4n) is 2.74. The van der Waals surface area contributed by atoms with E-state index in [2.05, 4.69) is 5.32 Å². The average molecular weight is 349 g/mol. The zero-order valence-corrected chi connectivity index (χ0v) is 15.0. The van der Waals surface area contributed by atoms with Gasteiger partial charge in [0.1, 0.15) is 5.75 Å². The Balaban J connectivity index is 1.85. The summed E-state index contributed by atoms with van der Waals surface area (Å²) in [6, 6.07) is 7.28. The summed E-state index contributed by atoms with van der Waals surface area (Å²) in [5, 5.41) is 3.05. The van der Waals surface area contributed by atoms with Gasteiger partial charge >= 0.3 is 0 Å². The SMILES string of the molecule is CCOc1ccccc1C(=O)N1CCN(C(=O)CNCCOC)CC1. The molecule has 1 aromatic carbocycles. The minimum Gasteiger partial charge on any atom is -0.493 e. The summed E-state index contributed by atoms with van der Waals surface area (Å²) < 4.78 is 10.5. The lowest BCUT2D eigenvalue weighted by Gasteiger charge is -2.35. The number of benzene rings is 1. The maximum Gasteiger partial charge on any atom is 0.257 e. The molecule has 0 bridgehead atoms. The van der Waals surface area contributed by atoms with Crippen molar-refractivity contribution in [3.8, 4) is 5.75 Å². The van der Waals surface area contributed by atoms with Gasteiger partial charge in [-0.3, -0.25) is 9.59 Å². The summed E-state index contributed by atoms with van der Waals surface area (Å²) >= 11 is 0. The van der Waals surface area contributed by atoms with Crippen LogP contribution in [-0.4, -0.2) is 81.2 Å². The molecule has 0 atom stereocenters. The molecule has 1 aliphatic heterocycles. The molecule has 1 aliphatic rings. The van der Waals surface area contributed by atoms with Crippen molar-refractivity contribution < 1.29 is 19.1 Å². The number of carbonyl (C=O) groups excluding carboxylic acids is 2. The van der Waals surface area contributed by atoms with Gasteiger partial charge in [-0.25, -0.2) is 0 Å². The molecule has 1 heterocycles. The van der Waals surface area contributed by atoms with Crippen LogP contribution in [-0.2, 0) is 9.53 Å². The predicted molar refractivity (Wildman–Crippen MR) is 94.8 cm³/mol. The van der Waals surface area contributed by atoms with E-state index >= 15 is 0 Å². The second-order valence-electron chi connectivity index (χ2n) is 5.77. The normalized spacial score (nSPS) is 14.5. The Morgan fingerprint density at radius 3 is 2.48 bits per heavy atom. The lowest BCUT2D eigenvalue weighted by molar-refractivity contribution is -0.131. The number of carbonyl (C=O) groups is 2. The van der Waals surface area contributed by atoms with Gasteiger partial charge in [-0.15, -0.1) is 0 Å². The quantitative estimate of drug-likeness (QED) is 0.696. The van der Waals surface area contributed by atoms with Crippen molar-refractivity contribution in [2.45, 2.75) is 6.92 Å². The summed E-state index contributed by atoms with van der Waals surface area (Å²) in [7, 11) is 1.63. The van der Waals surface area contributed by atoms with Crippen LogP contribution < -0.4 is 10.1 Å². The molecule has 7 heteroatoms. The Labute approximate surface area is 148 Å². The molecule has 7 nitrogen and oxygen atoms in total. The number of para-hydroxylation sites is 1. The number of nitrogens with one attached hydrogen (secondary N) is 1. The molecule has 0 aromatic heterocycles. The first-order valence-corrected chi connectivity index (χ1v) is 8.66. The molecule has 0 aliphatic carbocycles. The van der Waals surface area contributed by atoms with E-state index in [4.69, 9.17) is 9.47 Å². The minimum atomic E-state index is -0.0469. The van der Waals surface area contributed by atoms with E-state index in [0.29, 0.717) is 63.8 Å². The molecule has 1 aromatic rings. The van der Waals surface area contributed by atoms with E-state index in [-0.39, 0.29) is 11.8 Å². The molecule has 2 rings (SSSR count). The highest BCUT2D eigenvalue weighted by Crippen LogP contribution is 2.20. The first-order valence-electron chi connectivity index (χ1n) is 8.66. The molecule has 1 fully saturated rings. The lowest BCUT2D eigenvalue weighted by Crippen LogP contribution is -2.52. The Morgan fingerprint density at radius 1 is 1.12 bits per heavy atom. The Morgan fingerprint density at radius 2 is 1.80 bits per heavy atom. The molecule has 0 unspecified atom stereocenters. The van der Waals surface area contributed by atoms with Crippen LogP contribution in [0.5, 0.6) is 5.75 Å². The standard InChI is InChI=1S/C18H27N3O4/c1-3-25-16-7-5-4-6-15(16)18(23)21-11-9-20(10-12-21)17(22)14-19-8-13-24-2/h4-7,19H,3,8-14H2,1-2H3. The Bertz CT molecular complexity index is 571. The third-order valence-electron chi connectivity index (χ3n) is 4.10. The molecule has 1 saturated heterocycles. The topological polar surface area (TPSA) is 71.1 Å². The Kier molecular flexibility index (Phi) is 7.69. The number of hydrogen-bond donors (Lipinski definition) is 1. The van der Waals surface area contributed by atoms with Crippen molar-refractivity contribution >= 4 is 11.8 Å². The van der Waals surface area contributed by atoms with E-state index in [1.165, 1.54) is 0 Å². The molecule has 0 spiro atoms. The second kappa shape index (κ2) is 10.0. The van der Waals surface area contributed by atoms with Crippen molar-refractivity contribution in [3.63, 3.8) is 0 Å². The smallest absolute Gasteiger partial charge is 0.257 e. The number of piperazine rings is 1. The van der Waals surface area contributed by atoms with Crippen LogP contribution in [0.2, 0.25) is 0 Å². The van der Waals surface area contributed by atoms with Crippen molar-refractivity contribution in [2.24, 2.45) is 0 Å². The van der Waals surface area contributed by atoms with Gasteiger partial charge in [0.15, 0.2) is 0 Å². The van der Waals surface area contributed by atoms with Crippen LogP contribution in [0.1, 0.15) is 17.3 Å². The highest BCUT2D eigenvalue weighted by atomic mass is 16.5. The first-order chi connectivity index (χ1) is 12.2. The molecule has 25 heavy (non-hydrogen) atoms. The van der Waals surface area contributed by atoms with Crippen LogP contribution >= 0.6 is 0 Å². The molecule has 2 amide bonds. The fraction of sp³-hybridized carbons (Fsp3) is 0.556. The fourth-order valence-corrected chi connectivity index (χ4v) is 2.74. The maximum atomic E-state index is 12.7. The van der Waals surface area contributed by atoms with Gasteiger partial charge in [0.05, 0.1) is 25.3 Å². The predicted octanol–water partition coefficient (Wildman–Crippen LogP) is 0.606. The molecular formula is C18H27N3O4. The van der Waals surface area contributed by atoms with Gasteiger partial charge in [-0.1, -0.05) is 12.1 Å². The maximum absolute atomic E-state index is 12.7. The van der Waals surface area contributed by atoms with Crippen LogP contribution in [0.3, 0.4) is 0 Å². The summed E-state index contributed by atoms with van der Waals surface area (Å²) in [4.78, 5) is 28.4. The molecule has 0 saturated carbocycles. The van der Waals surface area contributed by atoms with Crippen molar-refractivity contribution in [1.82, 2.24) is 15.1 Å². The second-order valence-corrected chi connectivity index (χ2v) is 5.77. The van der Waals surface area contributed by atoms with E-state index in [9.17, 15) is 9.59 Å². The molecule has 0 radical (unpaired) electrons. The summed E-state index contributed by atoms with van der Waals surface area (Å²) in [5.41, 5.74) is 0.574. The largest absolute Gasteiger partial charge is 0.493 e. The first kappa shape index (κ1) is 19.2. The Hall–Kier alpha value is -2.12. The van der Waals surface area contributed by atoms with Crippen molar-refractivity contribution in [2.75, 3.05) is 59.6 Å². The molecule has 1 N–H and O–H groups in total. The zero-order valence-electron chi connectivity index (χ0n) is 15.0. The minimum absolute atomic E-state index is 0.0469. The number of ether oxygens (including phenoxy) is 2. The lowest BCUT2D eigenvalue weighted by atomic mass is 10.1. The van der Waals surface area contributed by atoms with Crippen molar-refractivity contribution in [3.05, 3.63) is 29.8 Å². The number of nitrogens with zero attached hydrogens (tertiary/aromatic N) is 2. The highest BCUT2D eigenvalue weighted by Gasteiger charge is 2.26. The zero-order chi connectivity index (χ0) is 18.1. The van der Waals surface area contributed by atoms with Gasteiger partial charge in [0.25, 0.3) is 5.91 Å². The third kappa shape index (κ3) is 5.44. The number of amides is 2. The van der Waals surface area contributed by atoms with Crippen LogP contribution in [0.15, 0.2) is 24.3 Å². The monoisotopic (exact) mass is 349 g/mol. The number of hydrogen-bond acceptors (Lipinski definition) is 5. The summed E-state index contributed by atoms with van der Waals surface area (Å²) in [6.07, 6.45) is 0. The number of methoxy groups -OCH3 is 1. The van der Waals surface area contributed by atoms with Gasteiger partial charge in [0, 0.05) is 39.8 Å². The van der Waals surface area contributed by atoms with Crippen LogP contribution in [0.25, 0.3) is 0 Å². The average Bonchev–Trinajstić information content (AvgIpc) is 2.65. The number of rotatable bonds is 8. The third-order valence-corrected chi connectivity index (χ3v) is 4.10. The van der Waals surface area contributed by atoms with Gasteiger partial charge in [-0.2, -0.15) is 0 Å². The van der Waals surface area contributed by atoms with E-state index in [1.54, 1.807) is 23.0 Å². The van der Waals surface area contributed by atoms with Gasteiger partial charge < -0.3 is 24.6 Å². The van der Waals surface area contributed by atoms with Gasteiger partial charge in [-0.05, 0) is 19.1 Å². The van der Waals surface area contributed by atoms with E-state index < -0.39 is 0 Å². The van der Waals surface area contributed by atoms with E-state index in [1.807, 2.05) is 25.1 Å². The van der Waals surface area contributed by atoms with Crippen LogP contribution in [0, 0.1) is 0 Å². The van der Waals surface area contributed by atoms with E-state index in [0.717, 1.165) is 0 Å². The van der Waals surface area contributed by atoms with Crippen LogP contribution in [0.4, 0.5) is 0 Å². The highest BCUT2D eigenvalue weighted by molar-refractivity contribution is 5.97. The van der Waals surface area contributed by atoms with Crippen molar-refractivity contribution in [1.29, 1.82) is 0 Å². The van der Waals surface area contributed by atoms with Gasteiger partial charge in [0.2, 0.25) is 5.91 Å².